The SMILES string of the molecule is Cc1cccc(CC(=O)N2CC(=O)NC(=O)C2)c1. The molecular weight excluding hydrogens is 232 g/mol. The number of nitrogens with zero attached hydrogens (tertiary/aromatic N) is 1. The van der Waals surface area contributed by atoms with E-state index in [-0.39, 0.29) is 25.4 Å². The third kappa shape index (κ3) is 2.94. The van der Waals surface area contributed by atoms with Crippen LogP contribution in [0.4, 0.5) is 0 Å². The van der Waals surface area contributed by atoms with Crippen molar-refractivity contribution in [3.63, 3.8) is 0 Å². The minimum atomic E-state index is -0.427. The Labute approximate surface area is 105 Å². The van der Waals surface area contributed by atoms with Crippen molar-refractivity contribution in [1.29, 1.82) is 0 Å². The highest BCUT2D eigenvalue weighted by atomic mass is 16.2. The lowest BCUT2D eigenvalue weighted by Gasteiger charge is -2.25. The quantitative estimate of drug-likeness (QED) is 0.748. The van der Waals surface area contributed by atoms with Crippen molar-refractivity contribution in [2.24, 2.45) is 0 Å². The lowest BCUT2D eigenvalue weighted by molar-refractivity contribution is -0.145. The van der Waals surface area contributed by atoms with E-state index in [9.17, 15) is 14.4 Å². The summed E-state index contributed by atoms with van der Waals surface area (Å²) in [4.78, 5) is 35.6. The van der Waals surface area contributed by atoms with Gasteiger partial charge in [0.25, 0.3) is 0 Å². The summed E-state index contributed by atoms with van der Waals surface area (Å²) in [5, 5.41) is 2.17. The molecule has 5 heteroatoms. The summed E-state index contributed by atoms with van der Waals surface area (Å²) in [5.74, 6) is -1.06. The zero-order valence-corrected chi connectivity index (χ0v) is 10.1. The van der Waals surface area contributed by atoms with Crippen molar-refractivity contribution in [1.82, 2.24) is 10.2 Å². The van der Waals surface area contributed by atoms with Gasteiger partial charge in [0.15, 0.2) is 0 Å². The molecule has 0 radical (unpaired) electrons. The van der Waals surface area contributed by atoms with E-state index in [0.717, 1.165) is 11.1 Å². The van der Waals surface area contributed by atoms with Crippen LogP contribution in [0.2, 0.25) is 0 Å². The Hall–Kier alpha value is -2.17. The average molecular weight is 246 g/mol. The first-order chi connectivity index (χ1) is 8.54. The predicted octanol–water partition coefficient (Wildman–Crippen LogP) is 0.0225. The van der Waals surface area contributed by atoms with Crippen LogP contribution < -0.4 is 5.32 Å². The molecular formula is C13H14N2O3. The smallest absolute Gasteiger partial charge is 0.246 e. The Morgan fingerprint density at radius 1 is 1.28 bits per heavy atom. The number of piperazine rings is 1. The lowest BCUT2D eigenvalue weighted by Crippen LogP contribution is -2.53. The highest BCUT2D eigenvalue weighted by molar-refractivity contribution is 6.02. The van der Waals surface area contributed by atoms with Gasteiger partial charge in [0, 0.05) is 0 Å². The van der Waals surface area contributed by atoms with Crippen LogP contribution in [0, 0.1) is 6.92 Å². The number of benzene rings is 1. The average Bonchev–Trinajstić information content (AvgIpc) is 2.27. The summed E-state index contributed by atoms with van der Waals surface area (Å²) in [6.07, 6.45) is 0.211. The van der Waals surface area contributed by atoms with E-state index in [0.29, 0.717) is 0 Å². The van der Waals surface area contributed by atoms with Crippen LogP contribution in [0.3, 0.4) is 0 Å². The van der Waals surface area contributed by atoms with Crippen molar-refractivity contribution in [2.45, 2.75) is 13.3 Å². The molecule has 1 aromatic rings. The maximum Gasteiger partial charge on any atom is 0.246 e. The molecule has 5 nitrogen and oxygen atoms in total. The maximum absolute atomic E-state index is 12.0. The summed E-state index contributed by atoms with van der Waals surface area (Å²) in [5.41, 5.74) is 1.96. The second-order valence-electron chi connectivity index (χ2n) is 4.39. The molecule has 0 bridgehead atoms. The maximum atomic E-state index is 12.0. The largest absolute Gasteiger partial charge is 0.324 e. The van der Waals surface area contributed by atoms with Gasteiger partial charge in [-0.15, -0.1) is 0 Å². The van der Waals surface area contributed by atoms with Crippen molar-refractivity contribution >= 4 is 17.7 Å². The monoisotopic (exact) mass is 246 g/mol. The van der Waals surface area contributed by atoms with Gasteiger partial charge in [0.05, 0.1) is 6.42 Å². The van der Waals surface area contributed by atoms with Crippen molar-refractivity contribution in [3.8, 4) is 0 Å². The second kappa shape index (κ2) is 5.00. The molecule has 1 aliphatic heterocycles. The zero-order chi connectivity index (χ0) is 13.1. The second-order valence-corrected chi connectivity index (χ2v) is 4.39. The third-order valence-electron chi connectivity index (χ3n) is 2.74. The number of amides is 3. The van der Waals surface area contributed by atoms with Crippen LogP contribution in [0.25, 0.3) is 0 Å². The Morgan fingerprint density at radius 3 is 2.56 bits per heavy atom. The van der Waals surface area contributed by atoms with Crippen LogP contribution in [0.1, 0.15) is 11.1 Å². The van der Waals surface area contributed by atoms with Crippen LogP contribution in [0.15, 0.2) is 24.3 Å². The minimum absolute atomic E-state index is 0.0452. The summed E-state index contributed by atoms with van der Waals surface area (Å²) >= 11 is 0. The van der Waals surface area contributed by atoms with E-state index in [1.807, 2.05) is 31.2 Å². The van der Waals surface area contributed by atoms with Gasteiger partial charge >= 0.3 is 0 Å². The first-order valence-corrected chi connectivity index (χ1v) is 5.70. The van der Waals surface area contributed by atoms with Gasteiger partial charge in [-0.2, -0.15) is 0 Å². The number of rotatable bonds is 2. The standard InChI is InChI=1S/C13H14N2O3/c1-9-3-2-4-10(5-9)6-13(18)15-7-11(16)14-12(17)8-15/h2-5H,6-8H2,1H3,(H,14,16,17). The van der Waals surface area contributed by atoms with Crippen molar-refractivity contribution in [2.75, 3.05) is 13.1 Å². The van der Waals surface area contributed by atoms with Gasteiger partial charge in [-0.25, -0.2) is 0 Å². The van der Waals surface area contributed by atoms with E-state index in [1.54, 1.807) is 0 Å². The highest BCUT2D eigenvalue weighted by Gasteiger charge is 2.26. The number of imide groups is 1. The molecule has 1 heterocycles. The molecule has 0 atom stereocenters. The molecule has 1 aromatic carbocycles. The Kier molecular flexibility index (Phi) is 3.41. The number of hydrogen-bond donors (Lipinski definition) is 1. The predicted molar refractivity (Wildman–Crippen MR) is 64.6 cm³/mol. The third-order valence-corrected chi connectivity index (χ3v) is 2.74. The van der Waals surface area contributed by atoms with Crippen molar-refractivity contribution in [3.05, 3.63) is 35.4 Å². The topological polar surface area (TPSA) is 66.5 Å². The van der Waals surface area contributed by atoms with Crippen LogP contribution in [-0.2, 0) is 20.8 Å². The Bertz CT molecular complexity index is 495. The summed E-state index contributed by atoms with van der Waals surface area (Å²) in [7, 11) is 0. The van der Waals surface area contributed by atoms with Crippen LogP contribution >= 0.6 is 0 Å². The molecule has 1 N–H and O–H groups in total. The summed E-state index contributed by atoms with van der Waals surface area (Å²) in [6, 6.07) is 7.61. The molecule has 1 saturated heterocycles. The van der Waals surface area contributed by atoms with E-state index < -0.39 is 11.8 Å². The number of aryl methyl sites for hydroxylation is 1. The van der Waals surface area contributed by atoms with E-state index in [4.69, 9.17) is 0 Å². The molecule has 0 aliphatic carbocycles. The molecule has 0 saturated carbocycles. The molecule has 0 spiro atoms. The zero-order valence-electron chi connectivity index (χ0n) is 10.1. The van der Waals surface area contributed by atoms with Crippen molar-refractivity contribution < 1.29 is 14.4 Å². The molecule has 2 rings (SSSR count). The van der Waals surface area contributed by atoms with E-state index in [1.165, 1.54) is 4.90 Å². The Morgan fingerprint density at radius 2 is 1.94 bits per heavy atom. The van der Waals surface area contributed by atoms with Gasteiger partial charge in [-0.1, -0.05) is 29.8 Å². The van der Waals surface area contributed by atoms with E-state index in [2.05, 4.69) is 5.32 Å². The van der Waals surface area contributed by atoms with Gasteiger partial charge in [0.1, 0.15) is 13.1 Å². The summed E-state index contributed by atoms with van der Waals surface area (Å²) < 4.78 is 0. The number of carbonyl (C=O) groups is 3. The fourth-order valence-electron chi connectivity index (χ4n) is 1.92. The lowest BCUT2D eigenvalue weighted by atomic mass is 10.1. The molecule has 94 valence electrons. The molecule has 1 aliphatic rings. The van der Waals surface area contributed by atoms with E-state index >= 15 is 0 Å². The highest BCUT2D eigenvalue weighted by Crippen LogP contribution is 2.07. The van der Waals surface area contributed by atoms with Crippen LogP contribution in [-0.4, -0.2) is 35.7 Å². The summed E-state index contributed by atoms with van der Waals surface area (Å²) in [6.45, 7) is 1.86. The van der Waals surface area contributed by atoms with Gasteiger partial charge in [-0.05, 0) is 12.5 Å². The molecule has 0 unspecified atom stereocenters. The molecule has 3 amide bonds. The van der Waals surface area contributed by atoms with Gasteiger partial charge in [-0.3, -0.25) is 19.7 Å². The van der Waals surface area contributed by atoms with Crippen LogP contribution in [0.5, 0.6) is 0 Å². The number of nitrogens with one attached hydrogen (secondary N) is 1. The molecule has 18 heavy (non-hydrogen) atoms. The fourth-order valence-corrected chi connectivity index (χ4v) is 1.92. The Balaban J connectivity index is 2.03. The van der Waals surface area contributed by atoms with Gasteiger partial charge < -0.3 is 4.90 Å². The fraction of sp³-hybridized carbons (Fsp3) is 0.308. The minimum Gasteiger partial charge on any atom is -0.324 e. The molecule has 1 fully saturated rings. The first-order valence-electron chi connectivity index (χ1n) is 5.70. The number of carbonyl (C=O) groups excluding carboxylic acids is 3. The normalized spacial score (nSPS) is 15.5. The first kappa shape index (κ1) is 12.3. The number of hydrogen-bond acceptors (Lipinski definition) is 3. The van der Waals surface area contributed by atoms with Gasteiger partial charge in [0.2, 0.25) is 17.7 Å². The molecule has 0 aromatic heterocycles.